The number of fused-ring (bicyclic) bond motifs is 1. The van der Waals surface area contributed by atoms with Crippen molar-refractivity contribution in [1.82, 2.24) is 9.55 Å². The van der Waals surface area contributed by atoms with Crippen LogP contribution >= 0.6 is 23.2 Å². The highest BCUT2D eigenvalue weighted by Gasteiger charge is 2.11. The van der Waals surface area contributed by atoms with E-state index in [-0.39, 0.29) is 0 Å². The Morgan fingerprint density at radius 2 is 1.94 bits per heavy atom. The van der Waals surface area contributed by atoms with Crippen molar-refractivity contribution in [3.8, 4) is 0 Å². The molecule has 1 aromatic heterocycles. The lowest BCUT2D eigenvalue weighted by molar-refractivity contribution is 0.526. The number of halogens is 2. The van der Waals surface area contributed by atoms with Crippen molar-refractivity contribution in [2.75, 3.05) is 5.73 Å². The summed E-state index contributed by atoms with van der Waals surface area (Å²) < 4.78 is 1.98. The molecule has 0 radical (unpaired) electrons. The van der Waals surface area contributed by atoms with E-state index in [4.69, 9.17) is 28.9 Å². The van der Waals surface area contributed by atoms with Gasteiger partial charge in [-0.05, 0) is 24.5 Å². The minimum absolute atomic E-state index is 0.507. The molecule has 0 bridgehead atoms. The van der Waals surface area contributed by atoms with Crippen LogP contribution in [0.15, 0.2) is 12.1 Å². The summed E-state index contributed by atoms with van der Waals surface area (Å²) >= 11 is 12.0. The highest BCUT2D eigenvalue weighted by molar-refractivity contribution is 6.42. The molecular weight excluding hydrogens is 257 g/mol. The zero-order valence-electron chi connectivity index (χ0n) is 9.87. The molecule has 0 unspecified atom stereocenters. The third-order valence-electron chi connectivity index (χ3n) is 2.75. The number of benzene rings is 1. The van der Waals surface area contributed by atoms with Crippen LogP contribution in [0.3, 0.4) is 0 Å². The topological polar surface area (TPSA) is 43.8 Å². The molecule has 5 heteroatoms. The van der Waals surface area contributed by atoms with E-state index in [1.165, 1.54) is 0 Å². The minimum Gasteiger partial charge on any atom is -0.369 e. The first-order valence-corrected chi connectivity index (χ1v) is 6.35. The molecule has 0 aliphatic carbocycles. The predicted octanol–water partition coefficient (Wildman–Crippen LogP) is 3.97. The summed E-state index contributed by atoms with van der Waals surface area (Å²) in [4.78, 5) is 4.29. The van der Waals surface area contributed by atoms with Crippen LogP contribution in [0.25, 0.3) is 11.0 Å². The first kappa shape index (κ1) is 12.5. The number of aromatic nitrogens is 2. The van der Waals surface area contributed by atoms with Crippen molar-refractivity contribution in [2.24, 2.45) is 5.92 Å². The molecule has 17 heavy (non-hydrogen) atoms. The van der Waals surface area contributed by atoms with Crippen LogP contribution < -0.4 is 5.73 Å². The van der Waals surface area contributed by atoms with Crippen LogP contribution in [-0.2, 0) is 6.54 Å². The normalized spacial score (nSPS) is 11.6. The fourth-order valence-corrected chi connectivity index (χ4v) is 2.08. The van der Waals surface area contributed by atoms with Gasteiger partial charge in [0.1, 0.15) is 0 Å². The van der Waals surface area contributed by atoms with Crippen LogP contribution in [0.4, 0.5) is 5.95 Å². The third kappa shape index (κ3) is 2.50. The van der Waals surface area contributed by atoms with Crippen molar-refractivity contribution >= 4 is 40.2 Å². The molecule has 0 amide bonds. The molecule has 2 rings (SSSR count). The maximum Gasteiger partial charge on any atom is 0.201 e. The molecule has 0 aliphatic heterocycles. The summed E-state index contributed by atoms with van der Waals surface area (Å²) in [5.41, 5.74) is 7.64. The molecule has 1 aromatic carbocycles. The van der Waals surface area contributed by atoms with E-state index >= 15 is 0 Å². The largest absolute Gasteiger partial charge is 0.369 e. The van der Waals surface area contributed by atoms with E-state index in [9.17, 15) is 0 Å². The average Bonchev–Trinajstić information content (AvgIpc) is 2.52. The summed E-state index contributed by atoms with van der Waals surface area (Å²) in [5.74, 6) is 1.13. The maximum atomic E-state index is 6.02. The Morgan fingerprint density at radius 3 is 2.59 bits per heavy atom. The minimum atomic E-state index is 0.507. The number of nitrogens with two attached hydrogens (primary N) is 1. The Balaban J connectivity index is 2.47. The van der Waals surface area contributed by atoms with Gasteiger partial charge in [0.25, 0.3) is 0 Å². The number of anilines is 1. The Labute approximate surface area is 111 Å². The molecule has 0 spiro atoms. The van der Waals surface area contributed by atoms with Gasteiger partial charge in [-0.1, -0.05) is 37.0 Å². The van der Waals surface area contributed by atoms with Gasteiger partial charge in [0.2, 0.25) is 5.95 Å². The SMILES string of the molecule is CC(C)CCn1c(N)nc2cc(Cl)c(Cl)cc21. The molecule has 0 aliphatic rings. The van der Waals surface area contributed by atoms with Gasteiger partial charge >= 0.3 is 0 Å². The highest BCUT2D eigenvalue weighted by atomic mass is 35.5. The highest BCUT2D eigenvalue weighted by Crippen LogP contribution is 2.29. The number of hydrogen-bond acceptors (Lipinski definition) is 2. The zero-order chi connectivity index (χ0) is 12.6. The molecule has 0 saturated carbocycles. The van der Waals surface area contributed by atoms with Gasteiger partial charge in [-0.2, -0.15) is 0 Å². The lowest BCUT2D eigenvalue weighted by atomic mass is 10.1. The van der Waals surface area contributed by atoms with E-state index in [1.807, 2.05) is 10.6 Å². The van der Waals surface area contributed by atoms with Crippen molar-refractivity contribution in [3.63, 3.8) is 0 Å². The second-order valence-electron chi connectivity index (χ2n) is 4.56. The van der Waals surface area contributed by atoms with Gasteiger partial charge in [0, 0.05) is 6.54 Å². The lowest BCUT2D eigenvalue weighted by Crippen LogP contribution is -2.05. The van der Waals surface area contributed by atoms with Gasteiger partial charge in [-0.15, -0.1) is 0 Å². The van der Waals surface area contributed by atoms with Gasteiger partial charge in [-0.3, -0.25) is 0 Å². The van der Waals surface area contributed by atoms with Crippen LogP contribution in [0.2, 0.25) is 10.0 Å². The molecule has 0 saturated heterocycles. The first-order valence-electron chi connectivity index (χ1n) is 5.59. The van der Waals surface area contributed by atoms with Crippen molar-refractivity contribution in [1.29, 1.82) is 0 Å². The molecule has 92 valence electrons. The molecule has 2 N–H and O–H groups in total. The summed E-state index contributed by atoms with van der Waals surface area (Å²) in [7, 11) is 0. The van der Waals surface area contributed by atoms with Crippen LogP contribution in [0.5, 0.6) is 0 Å². The van der Waals surface area contributed by atoms with E-state index in [0.29, 0.717) is 21.9 Å². The summed E-state index contributed by atoms with van der Waals surface area (Å²) in [6, 6.07) is 3.57. The number of nitrogen functional groups attached to an aromatic ring is 1. The number of imidazole rings is 1. The maximum absolute atomic E-state index is 6.02. The Kier molecular flexibility index (Phi) is 3.50. The monoisotopic (exact) mass is 271 g/mol. The van der Waals surface area contributed by atoms with Crippen molar-refractivity contribution < 1.29 is 0 Å². The summed E-state index contributed by atoms with van der Waals surface area (Å²) in [6.45, 7) is 5.20. The van der Waals surface area contributed by atoms with Gasteiger partial charge in [0.05, 0.1) is 21.1 Å². The van der Waals surface area contributed by atoms with E-state index < -0.39 is 0 Å². The van der Waals surface area contributed by atoms with Gasteiger partial charge in [0.15, 0.2) is 0 Å². The zero-order valence-corrected chi connectivity index (χ0v) is 11.4. The second kappa shape index (κ2) is 4.75. The fourth-order valence-electron chi connectivity index (χ4n) is 1.76. The van der Waals surface area contributed by atoms with Crippen LogP contribution in [-0.4, -0.2) is 9.55 Å². The van der Waals surface area contributed by atoms with Gasteiger partial charge in [-0.25, -0.2) is 4.98 Å². The number of nitrogens with zero attached hydrogens (tertiary/aromatic N) is 2. The molecule has 2 aromatic rings. The molecule has 3 nitrogen and oxygen atoms in total. The van der Waals surface area contributed by atoms with E-state index in [0.717, 1.165) is 24.0 Å². The molecular formula is C12H15Cl2N3. The van der Waals surface area contributed by atoms with Crippen LogP contribution in [0, 0.1) is 5.92 Å². The Morgan fingerprint density at radius 1 is 1.29 bits per heavy atom. The number of rotatable bonds is 3. The number of aryl methyl sites for hydroxylation is 1. The molecule has 0 fully saturated rings. The molecule has 0 atom stereocenters. The third-order valence-corrected chi connectivity index (χ3v) is 3.47. The second-order valence-corrected chi connectivity index (χ2v) is 5.37. The lowest BCUT2D eigenvalue weighted by Gasteiger charge is -2.08. The van der Waals surface area contributed by atoms with Crippen molar-refractivity contribution in [2.45, 2.75) is 26.8 Å². The van der Waals surface area contributed by atoms with Crippen molar-refractivity contribution in [3.05, 3.63) is 22.2 Å². The standard InChI is InChI=1S/C12H15Cl2N3/c1-7(2)3-4-17-11-6-9(14)8(13)5-10(11)16-12(17)15/h5-7H,3-4H2,1-2H3,(H2,15,16). The van der Waals surface area contributed by atoms with Gasteiger partial charge < -0.3 is 10.3 Å². The number of hydrogen-bond donors (Lipinski definition) is 1. The predicted molar refractivity (Wildman–Crippen MR) is 73.6 cm³/mol. The summed E-state index contributed by atoms with van der Waals surface area (Å²) in [6.07, 6.45) is 1.05. The fraction of sp³-hybridized carbons (Fsp3) is 0.417. The summed E-state index contributed by atoms with van der Waals surface area (Å²) in [5, 5.41) is 1.04. The van der Waals surface area contributed by atoms with Crippen LogP contribution in [0.1, 0.15) is 20.3 Å². The van der Waals surface area contributed by atoms with E-state index in [2.05, 4.69) is 18.8 Å². The average molecular weight is 272 g/mol. The quantitative estimate of drug-likeness (QED) is 0.918. The molecule has 1 heterocycles. The Bertz CT molecular complexity index is 546. The smallest absolute Gasteiger partial charge is 0.201 e. The Hall–Kier alpha value is -0.930. The first-order chi connectivity index (χ1) is 7.99. The van der Waals surface area contributed by atoms with E-state index in [1.54, 1.807) is 6.07 Å².